The molecule has 0 aliphatic carbocycles. The van der Waals surface area contributed by atoms with Crippen LogP contribution >= 0.6 is 22.7 Å². The van der Waals surface area contributed by atoms with E-state index in [-0.39, 0.29) is 6.03 Å². The van der Waals surface area contributed by atoms with E-state index in [0.717, 1.165) is 22.7 Å². The van der Waals surface area contributed by atoms with E-state index in [1.54, 1.807) is 22.7 Å². The summed E-state index contributed by atoms with van der Waals surface area (Å²) in [6, 6.07) is 1.88. The molecule has 0 unspecified atom stereocenters. The van der Waals surface area contributed by atoms with Crippen LogP contribution in [0.4, 0.5) is 4.79 Å². The van der Waals surface area contributed by atoms with E-state index in [0.29, 0.717) is 13.1 Å². The summed E-state index contributed by atoms with van der Waals surface area (Å²) in [4.78, 5) is 17.3. The third kappa shape index (κ3) is 4.33. The molecule has 0 spiro atoms. The van der Waals surface area contributed by atoms with Crippen molar-refractivity contribution < 1.29 is 4.79 Å². The third-order valence-corrected chi connectivity index (χ3v) is 4.60. The molecule has 6 heteroatoms. The minimum absolute atomic E-state index is 0.129. The van der Waals surface area contributed by atoms with Crippen molar-refractivity contribution in [2.24, 2.45) is 0 Å². The third-order valence-electron chi connectivity index (χ3n) is 2.73. The molecule has 2 aromatic rings. The molecule has 2 aromatic heterocycles. The van der Waals surface area contributed by atoms with Crippen LogP contribution < -0.4 is 10.6 Å². The Labute approximate surface area is 120 Å². The molecule has 19 heavy (non-hydrogen) atoms. The van der Waals surface area contributed by atoms with Crippen LogP contribution in [0.1, 0.15) is 21.1 Å². The molecule has 0 aliphatic rings. The Morgan fingerprint density at radius 2 is 2.21 bits per heavy atom. The Balaban J connectivity index is 1.66. The number of aromatic nitrogens is 1. The second kappa shape index (κ2) is 6.68. The highest BCUT2D eigenvalue weighted by molar-refractivity contribution is 7.11. The molecule has 4 nitrogen and oxygen atoms in total. The molecule has 0 saturated carbocycles. The van der Waals surface area contributed by atoms with Gasteiger partial charge in [-0.05, 0) is 36.2 Å². The summed E-state index contributed by atoms with van der Waals surface area (Å²) in [6.07, 6.45) is 0.783. The normalized spacial score (nSPS) is 10.4. The first-order valence-electron chi connectivity index (χ1n) is 6.11. The zero-order valence-corrected chi connectivity index (χ0v) is 12.7. The van der Waals surface area contributed by atoms with E-state index >= 15 is 0 Å². The topological polar surface area (TPSA) is 54.0 Å². The zero-order chi connectivity index (χ0) is 13.7. The zero-order valence-electron chi connectivity index (χ0n) is 11.0. The molecular weight excluding hydrogens is 278 g/mol. The Bertz CT molecular complexity index is 515. The molecule has 0 atom stereocenters. The van der Waals surface area contributed by atoms with E-state index < -0.39 is 0 Å². The van der Waals surface area contributed by atoms with E-state index in [2.05, 4.69) is 22.5 Å². The largest absolute Gasteiger partial charge is 0.338 e. The van der Waals surface area contributed by atoms with Gasteiger partial charge >= 0.3 is 6.03 Å². The number of nitrogens with one attached hydrogen (secondary N) is 2. The summed E-state index contributed by atoms with van der Waals surface area (Å²) < 4.78 is 0. The van der Waals surface area contributed by atoms with Crippen LogP contribution in [-0.4, -0.2) is 17.6 Å². The summed E-state index contributed by atoms with van der Waals surface area (Å²) >= 11 is 3.33. The summed E-state index contributed by atoms with van der Waals surface area (Å²) in [5.41, 5.74) is 2.22. The van der Waals surface area contributed by atoms with Crippen LogP contribution in [-0.2, 0) is 13.0 Å². The number of thiophene rings is 1. The fourth-order valence-corrected chi connectivity index (χ4v) is 3.17. The monoisotopic (exact) mass is 295 g/mol. The fraction of sp³-hybridized carbons (Fsp3) is 0.385. The van der Waals surface area contributed by atoms with Gasteiger partial charge in [0.2, 0.25) is 0 Å². The minimum Gasteiger partial charge on any atom is -0.338 e. The number of aryl methyl sites for hydroxylation is 2. The molecule has 2 N–H and O–H groups in total. The number of amides is 2. The Hall–Kier alpha value is -1.40. The van der Waals surface area contributed by atoms with Gasteiger partial charge in [0.25, 0.3) is 0 Å². The van der Waals surface area contributed by atoms with Crippen molar-refractivity contribution in [2.45, 2.75) is 26.8 Å². The van der Waals surface area contributed by atoms with Crippen molar-refractivity contribution in [2.75, 3.05) is 6.54 Å². The molecule has 102 valence electrons. The average molecular weight is 295 g/mol. The fourth-order valence-electron chi connectivity index (χ4n) is 1.57. The Morgan fingerprint density at radius 1 is 1.37 bits per heavy atom. The number of rotatable bonds is 5. The van der Waals surface area contributed by atoms with Gasteiger partial charge in [-0.3, -0.25) is 0 Å². The highest BCUT2D eigenvalue weighted by Gasteiger charge is 2.04. The first-order chi connectivity index (χ1) is 9.15. The number of hydrogen-bond donors (Lipinski definition) is 2. The van der Waals surface area contributed by atoms with Gasteiger partial charge in [-0.15, -0.1) is 11.3 Å². The summed E-state index contributed by atoms with van der Waals surface area (Å²) in [7, 11) is 0. The van der Waals surface area contributed by atoms with Crippen LogP contribution in [0, 0.1) is 13.8 Å². The van der Waals surface area contributed by atoms with Crippen molar-refractivity contribution in [3.8, 4) is 0 Å². The molecular formula is C13H17N3OS2. The second-order valence-corrected chi connectivity index (χ2v) is 6.31. The van der Waals surface area contributed by atoms with Gasteiger partial charge in [-0.2, -0.15) is 11.3 Å². The maximum atomic E-state index is 11.6. The van der Waals surface area contributed by atoms with Crippen molar-refractivity contribution in [3.63, 3.8) is 0 Å². The standard InChI is InChI=1S/C13H17N3OS2/c1-9-10(2)19-12(16-9)3-5-14-13(17)15-7-11-4-6-18-8-11/h4,6,8H,3,5,7H2,1-2H3,(H2,14,15,17). The lowest BCUT2D eigenvalue weighted by molar-refractivity contribution is 0.240. The van der Waals surface area contributed by atoms with Crippen molar-refractivity contribution in [1.82, 2.24) is 15.6 Å². The number of carbonyl (C=O) groups excluding carboxylic acids is 1. The van der Waals surface area contributed by atoms with Gasteiger partial charge in [0.05, 0.1) is 10.7 Å². The molecule has 0 saturated heterocycles. The van der Waals surface area contributed by atoms with E-state index in [1.165, 1.54) is 4.88 Å². The number of carbonyl (C=O) groups is 1. The first kappa shape index (κ1) is 14.0. The number of thiazole rings is 1. The second-order valence-electron chi connectivity index (χ2n) is 4.24. The van der Waals surface area contributed by atoms with Gasteiger partial charge in [-0.1, -0.05) is 0 Å². The summed E-state index contributed by atoms with van der Waals surface area (Å²) in [5, 5.41) is 10.8. The SMILES string of the molecule is Cc1nc(CCNC(=O)NCc2ccsc2)sc1C. The van der Waals surface area contributed by atoms with Crippen LogP contribution in [0.2, 0.25) is 0 Å². The lowest BCUT2D eigenvalue weighted by Gasteiger charge is -2.05. The first-order valence-corrected chi connectivity index (χ1v) is 7.87. The molecule has 0 radical (unpaired) electrons. The predicted octanol–water partition coefficient (Wildman–Crippen LogP) is 2.86. The van der Waals surface area contributed by atoms with Gasteiger partial charge in [0.15, 0.2) is 0 Å². The van der Waals surface area contributed by atoms with Gasteiger partial charge in [0.1, 0.15) is 0 Å². The molecule has 0 aliphatic heterocycles. The van der Waals surface area contributed by atoms with E-state index in [1.807, 2.05) is 23.8 Å². The van der Waals surface area contributed by atoms with Crippen molar-refractivity contribution in [1.29, 1.82) is 0 Å². The Morgan fingerprint density at radius 3 is 2.84 bits per heavy atom. The summed E-state index contributed by atoms with van der Waals surface area (Å²) in [6.45, 7) is 5.26. The highest BCUT2D eigenvalue weighted by atomic mass is 32.1. The molecule has 2 heterocycles. The Kier molecular flexibility index (Phi) is 4.93. The predicted molar refractivity (Wildman–Crippen MR) is 79.8 cm³/mol. The van der Waals surface area contributed by atoms with Crippen LogP contribution in [0.25, 0.3) is 0 Å². The number of nitrogens with zero attached hydrogens (tertiary/aromatic N) is 1. The van der Waals surface area contributed by atoms with Crippen LogP contribution in [0.5, 0.6) is 0 Å². The van der Waals surface area contributed by atoms with E-state index in [9.17, 15) is 4.79 Å². The smallest absolute Gasteiger partial charge is 0.315 e. The molecule has 2 rings (SSSR count). The quantitative estimate of drug-likeness (QED) is 0.891. The summed E-state index contributed by atoms with van der Waals surface area (Å²) in [5.74, 6) is 0. The van der Waals surface area contributed by atoms with Crippen LogP contribution in [0.3, 0.4) is 0 Å². The maximum Gasteiger partial charge on any atom is 0.315 e. The van der Waals surface area contributed by atoms with Gasteiger partial charge < -0.3 is 10.6 Å². The maximum absolute atomic E-state index is 11.6. The molecule has 2 amide bonds. The van der Waals surface area contributed by atoms with Crippen molar-refractivity contribution >= 4 is 28.7 Å². The molecule has 0 aromatic carbocycles. The molecule has 0 fully saturated rings. The highest BCUT2D eigenvalue weighted by Crippen LogP contribution is 2.16. The molecule has 0 bridgehead atoms. The van der Waals surface area contributed by atoms with E-state index in [4.69, 9.17) is 0 Å². The van der Waals surface area contributed by atoms with Crippen molar-refractivity contribution in [3.05, 3.63) is 38.0 Å². The lowest BCUT2D eigenvalue weighted by Crippen LogP contribution is -2.36. The average Bonchev–Trinajstić information content (AvgIpc) is 2.98. The van der Waals surface area contributed by atoms with Gasteiger partial charge in [0, 0.05) is 24.4 Å². The minimum atomic E-state index is -0.129. The van der Waals surface area contributed by atoms with Crippen LogP contribution in [0.15, 0.2) is 16.8 Å². The number of urea groups is 1. The number of hydrogen-bond acceptors (Lipinski definition) is 4. The lowest BCUT2D eigenvalue weighted by atomic mass is 10.3. The van der Waals surface area contributed by atoms with Gasteiger partial charge in [-0.25, -0.2) is 9.78 Å².